The molecule has 1 aliphatic rings. The largest absolute Gasteiger partial charge is 0.480 e. The number of carbonyl (C=O) groups is 1. The second kappa shape index (κ2) is 5.58. The van der Waals surface area contributed by atoms with Crippen molar-refractivity contribution in [1.29, 1.82) is 0 Å². The van der Waals surface area contributed by atoms with E-state index in [1.54, 1.807) is 0 Å². The zero-order valence-electron chi connectivity index (χ0n) is 11.4. The average Bonchev–Trinajstić information content (AvgIpc) is 2.33. The van der Waals surface area contributed by atoms with E-state index in [1.165, 1.54) is 0 Å². The van der Waals surface area contributed by atoms with Crippen LogP contribution in [0.3, 0.4) is 0 Å². The van der Waals surface area contributed by atoms with Crippen LogP contribution in [0, 0.1) is 11.8 Å². The molecule has 1 saturated heterocycles. The summed E-state index contributed by atoms with van der Waals surface area (Å²) in [5, 5.41) is 8.56. The van der Waals surface area contributed by atoms with Crippen LogP contribution in [0.2, 0.25) is 0 Å². The lowest BCUT2D eigenvalue weighted by Crippen LogP contribution is -2.37. The molecular weight excluding hydrogens is 310 g/mol. The molecule has 0 bridgehead atoms. The van der Waals surface area contributed by atoms with Crippen LogP contribution in [0.5, 0.6) is 0 Å². The summed E-state index contributed by atoms with van der Waals surface area (Å²) in [6.07, 6.45) is 0. The SMILES string of the molecule is C[N+]1(C)CC(CS(=O)(=O)O)C(CS(=O)(=O)CC(=O)O)C1. The number of rotatable bonds is 6. The number of carboxylic acid groups (broad SMARTS) is 1. The van der Waals surface area contributed by atoms with E-state index < -0.39 is 49.3 Å². The third-order valence-electron chi connectivity index (χ3n) is 3.36. The van der Waals surface area contributed by atoms with Crippen LogP contribution >= 0.6 is 0 Å². The molecule has 2 unspecified atom stereocenters. The Bertz CT molecular complexity index is 579. The maximum atomic E-state index is 11.7. The van der Waals surface area contributed by atoms with Gasteiger partial charge in [0.1, 0.15) is 5.75 Å². The molecule has 1 rings (SSSR count). The molecule has 0 aromatic carbocycles. The molecule has 0 amide bonds. The van der Waals surface area contributed by atoms with E-state index in [2.05, 4.69) is 0 Å². The van der Waals surface area contributed by atoms with Gasteiger partial charge in [0, 0.05) is 11.8 Å². The predicted molar refractivity (Wildman–Crippen MR) is 71.5 cm³/mol. The quantitative estimate of drug-likeness (QED) is 0.458. The van der Waals surface area contributed by atoms with Gasteiger partial charge in [-0.05, 0) is 0 Å². The van der Waals surface area contributed by atoms with Gasteiger partial charge in [0.05, 0.1) is 38.7 Å². The van der Waals surface area contributed by atoms with E-state index in [9.17, 15) is 21.6 Å². The maximum Gasteiger partial charge on any atom is 0.318 e. The van der Waals surface area contributed by atoms with Crippen molar-refractivity contribution in [3.8, 4) is 0 Å². The summed E-state index contributed by atoms with van der Waals surface area (Å²) in [4.78, 5) is 10.5. The van der Waals surface area contributed by atoms with Crippen LogP contribution < -0.4 is 0 Å². The van der Waals surface area contributed by atoms with E-state index in [1.807, 2.05) is 14.1 Å². The Morgan fingerprint density at radius 2 is 1.55 bits per heavy atom. The number of hydrogen-bond acceptors (Lipinski definition) is 5. The molecule has 118 valence electrons. The lowest BCUT2D eigenvalue weighted by atomic mass is 10.0. The zero-order valence-corrected chi connectivity index (χ0v) is 13.0. The van der Waals surface area contributed by atoms with E-state index in [-0.39, 0.29) is 5.75 Å². The zero-order chi connectivity index (χ0) is 15.8. The van der Waals surface area contributed by atoms with Crippen molar-refractivity contribution in [3.05, 3.63) is 0 Å². The number of quaternary nitrogens is 1. The van der Waals surface area contributed by atoms with E-state index in [0.717, 1.165) is 0 Å². The smallest absolute Gasteiger partial charge is 0.318 e. The molecule has 0 aliphatic carbocycles. The van der Waals surface area contributed by atoms with Crippen molar-refractivity contribution in [2.24, 2.45) is 11.8 Å². The highest BCUT2D eigenvalue weighted by atomic mass is 32.2. The van der Waals surface area contributed by atoms with Gasteiger partial charge in [-0.15, -0.1) is 0 Å². The van der Waals surface area contributed by atoms with Gasteiger partial charge in [-0.2, -0.15) is 8.42 Å². The summed E-state index contributed by atoms with van der Waals surface area (Å²) in [5.74, 6) is -4.23. The lowest BCUT2D eigenvalue weighted by molar-refractivity contribution is -0.880. The first-order valence-electron chi connectivity index (χ1n) is 5.99. The summed E-state index contributed by atoms with van der Waals surface area (Å²) >= 11 is 0. The second-order valence-electron chi connectivity index (χ2n) is 6.02. The van der Waals surface area contributed by atoms with Crippen molar-refractivity contribution in [1.82, 2.24) is 0 Å². The molecule has 1 fully saturated rings. The highest BCUT2D eigenvalue weighted by Gasteiger charge is 2.44. The highest BCUT2D eigenvalue weighted by molar-refractivity contribution is 7.92. The standard InChI is InChI=1S/C10H19NO7S2/c1-11(2)3-8(5-19(14,15)7-10(12)13)9(4-11)6-20(16,17)18/h8-9H,3-7H2,1-2H3,(H-,12,13,16,17,18)/p+1. The molecule has 0 aromatic heterocycles. The monoisotopic (exact) mass is 330 g/mol. The normalized spacial score (nSPS) is 26.6. The number of likely N-dealkylation sites (tertiary alicyclic amines) is 1. The Labute approximate surface area is 118 Å². The summed E-state index contributed by atoms with van der Waals surface area (Å²) in [6.45, 7) is 0.853. The van der Waals surface area contributed by atoms with Crippen LogP contribution in [0.15, 0.2) is 0 Å². The van der Waals surface area contributed by atoms with Crippen molar-refractivity contribution in [3.63, 3.8) is 0 Å². The van der Waals surface area contributed by atoms with Gasteiger partial charge in [-0.3, -0.25) is 9.35 Å². The van der Waals surface area contributed by atoms with Crippen molar-refractivity contribution < 1.29 is 35.8 Å². The van der Waals surface area contributed by atoms with E-state index in [4.69, 9.17) is 9.66 Å². The van der Waals surface area contributed by atoms with Gasteiger partial charge in [-0.1, -0.05) is 0 Å². The van der Waals surface area contributed by atoms with Crippen LogP contribution in [0.25, 0.3) is 0 Å². The van der Waals surface area contributed by atoms with Crippen molar-refractivity contribution in [2.75, 3.05) is 44.4 Å². The van der Waals surface area contributed by atoms with E-state index in [0.29, 0.717) is 17.6 Å². The fourth-order valence-corrected chi connectivity index (χ4v) is 5.31. The Morgan fingerprint density at radius 3 is 1.95 bits per heavy atom. The van der Waals surface area contributed by atoms with E-state index >= 15 is 0 Å². The molecule has 2 atom stereocenters. The molecule has 0 spiro atoms. The van der Waals surface area contributed by atoms with Gasteiger partial charge >= 0.3 is 5.97 Å². The number of hydrogen-bond donors (Lipinski definition) is 2. The van der Waals surface area contributed by atoms with Gasteiger partial charge < -0.3 is 9.59 Å². The number of carboxylic acids is 1. The highest BCUT2D eigenvalue weighted by Crippen LogP contribution is 2.29. The molecular formula is C10H20NO7S2+. The lowest BCUT2D eigenvalue weighted by Gasteiger charge is -2.23. The average molecular weight is 330 g/mol. The Hall–Kier alpha value is -0.710. The first-order chi connectivity index (χ1) is 8.80. The molecule has 0 saturated carbocycles. The molecule has 1 aliphatic heterocycles. The molecule has 0 radical (unpaired) electrons. The van der Waals surface area contributed by atoms with Crippen molar-refractivity contribution in [2.45, 2.75) is 0 Å². The number of sulfone groups is 1. The summed E-state index contributed by atoms with van der Waals surface area (Å²) < 4.78 is 54.8. The molecule has 1 heterocycles. The summed E-state index contributed by atoms with van der Waals surface area (Å²) in [5.41, 5.74) is 0. The maximum absolute atomic E-state index is 11.7. The minimum Gasteiger partial charge on any atom is -0.480 e. The third kappa shape index (κ3) is 5.73. The number of aliphatic carboxylic acids is 1. The molecule has 0 aromatic rings. The Balaban J connectivity index is 2.88. The van der Waals surface area contributed by atoms with Crippen LogP contribution in [0.1, 0.15) is 0 Å². The van der Waals surface area contributed by atoms with Crippen LogP contribution in [-0.2, 0) is 24.7 Å². The first kappa shape index (κ1) is 17.3. The minimum atomic E-state index is -4.19. The first-order valence-corrected chi connectivity index (χ1v) is 9.42. The second-order valence-corrected chi connectivity index (χ2v) is 9.62. The summed E-state index contributed by atoms with van der Waals surface area (Å²) in [7, 11) is -4.31. The van der Waals surface area contributed by atoms with Crippen molar-refractivity contribution >= 4 is 25.9 Å². The topological polar surface area (TPSA) is 126 Å². The molecule has 20 heavy (non-hydrogen) atoms. The predicted octanol–water partition coefficient (Wildman–Crippen LogP) is -1.30. The molecule has 10 heteroatoms. The van der Waals surface area contributed by atoms with Gasteiger partial charge in [-0.25, -0.2) is 8.42 Å². The Kier molecular flexibility index (Phi) is 4.84. The van der Waals surface area contributed by atoms with Crippen LogP contribution in [0.4, 0.5) is 0 Å². The van der Waals surface area contributed by atoms with Gasteiger partial charge in [0.15, 0.2) is 9.84 Å². The third-order valence-corrected chi connectivity index (χ3v) is 5.83. The Morgan fingerprint density at radius 1 is 1.10 bits per heavy atom. The molecule has 2 N–H and O–H groups in total. The van der Waals surface area contributed by atoms with Crippen LogP contribution in [-0.4, -0.2) is 81.4 Å². The summed E-state index contributed by atoms with van der Waals surface area (Å²) in [6, 6.07) is 0. The minimum absolute atomic E-state index is 0.374. The fraction of sp³-hybridized carbons (Fsp3) is 0.900. The molecule has 8 nitrogen and oxygen atoms in total. The number of nitrogens with zero attached hydrogens (tertiary/aromatic N) is 1. The fourth-order valence-electron chi connectivity index (χ4n) is 2.86. The van der Waals surface area contributed by atoms with Gasteiger partial charge in [0.2, 0.25) is 0 Å². The van der Waals surface area contributed by atoms with Gasteiger partial charge in [0.25, 0.3) is 10.1 Å².